The molecule has 0 atom stereocenters. The predicted octanol–water partition coefficient (Wildman–Crippen LogP) is 3.87. The molecule has 0 unspecified atom stereocenters. The lowest BCUT2D eigenvalue weighted by atomic mass is 10.00. The van der Waals surface area contributed by atoms with Gasteiger partial charge in [0.25, 0.3) is 9.05 Å². The largest absolute Gasteiger partial charge is 0.443 e. The molecule has 1 aromatic heterocycles. The Hall–Kier alpha value is -1.00. The normalized spacial score (nSPS) is 12.5. The average Bonchev–Trinajstić information content (AvgIpc) is 2.57. The molecule has 0 fully saturated rings. The van der Waals surface area contributed by atoms with Gasteiger partial charge in [-0.15, -0.1) is 0 Å². The van der Waals surface area contributed by atoms with Crippen molar-refractivity contribution in [1.29, 1.82) is 0 Å². The third-order valence-electron chi connectivity index (χ3n) is 2.82. The Bertz CT molecular complexity index is 684. The van der Waals surface area contributed by atoms with Gasteiger partial charge in [-0.3, -0.25) is 0 Å². The highest BCUT2D eigenvalue weighted by Gasteiger charge is 2.25. The molecule has 98 valence electrons. The number of furan rings is 1. The molecule has 0 aliphatic carbocycles. The van der Waals surface area contributed by atoms with Gasteiger partial charge in [-0.1, -0.05) is 26.0 Å². The van der Waals surface area contributed by atoms with E-state index in [1.165, 1.54) is 0 Å². The maximum absolute atomic E-state index is 11.6. The molecule has 18 heavy (non-hydrogen) atoms. The summed E-state index contributed by atoms with van der Waals surface area (Å²) >= 11 is 0. The first kappa shape index (κ1) is 13.4. The van der Waals surface area contributed by atoms with E-state index in [2.05, 4.69) is 0 Å². The van der Waals surface area contributed by atoms with Gasteiger partial charge in [-0.2, -0.15) is 0 Å². The van der Waals surface area contributed by atoms with E-state index in [4.69, 9.17) is 15.1 Å². The Morgan fingerprint density at radius 3 is 2.56 bits per heavy atom. The highest BCUT2D eigenvalue weighted by atomic mass is 35.7. The van der Waals surface area contributed by atoms with E-state index in [1.54, 1.807) is 6.07 Å². The summed E-state index contributed by atoms with van der Waals surface area (Å²) < 4.78 is 28.6. The van der Waals surface area contributed by atoms with Crippen LogP contribution in [0.3, 0.4) is 0 Å². The third-order valence-corrected chi connectivity index (χ3v) is 4.01. The lowest BCUT2D eigenvalue weighted by molar-refractivity contribution is 0.474. The molecule has 0 aliphatic heterocycles. The zero-order valence-corrected chi connectivity index (χ0v) is 12.1. The van der Waals surface area contributed by atoms with Crippen LogP contribution in [0.4, 0.5) is 0 Å². The van der Waals surface area contributed by atoms with Crippen molar-refractivity contribution in [2.45, 2.75) is 32.3 Å². The van der Waals surface area contributed by atoms with Gasteiger partial charge in [0, 0.05) is 21.6 Å². The monoisotopic (exact) mass is 286 g/mol. The molecule has 5 heteroatoms. The first-order chi connectivity index (χ1) is 8.30. The Morgan fingerprint density at radius 1 is 1.33 bits per heavy atom. The lowest BCUT2D eigenvalue weighted by Crippen LogP contribution is -1.99. The first-order valence-corrected chi connectivity index (χ1v) is 8.07. The van der Waals surface area contributed by atoms with Crippen molar-refractivity contribution in [1.82, 2.24) is 0 Å². The summed E-state index contributed by atoms with van der Waals surface area (Å²) in [6.07, 6.45) is 0.624. The van der Waals surface area contributed by atoms with Gasteiger partial charge in [0.05, 0.1) is 0 Å². The zero-order valence-electron chi connectivity index (χ0n) is 10.5. The van der Waals surface area contributed by atoms with Crippen LogP contribution in [0, 0.1) is 12.8 Å². The van der Waals surface area contributed by atoms with Crippen LogP contribution in [-0.2, 0) is 15.5 Å². The molecule has 0 amide bonds. The van der Waals surface area contributed by atoms with Crippen LogP contribution in [0.25, 0.3) is 11.0 Å². The van der Waals surface area contributed by atoms with Crippen molar-refractivity contribution in [3.63, 3.8) is 0 Å². The summed E-state index contributed by atoms with van der Waals surface area (Å²) in [5.41, 5.74) is 2.26. The van der Waals surface area contributed by atoms with E-state index in [1.807, 2.05) is 32.9 Å². The second-order valence-electron chi connectivity index (χ2n) is 4.85. The standard InChI is InChI=1S/C13H15ClO3S/c1-8(2)7-10-12-9(3)5-4-6-11(12)17-13(10)18(14,15)16/h4-6,8H,7H2,1-3H3. The van der Waals surface area contributed by atoms with Crippen LogP contribution in [-0.4, -0.2) is 8.42 Å². The number of aryl methyl sites for hydroxylation is 1. The minimum atomic E-state index is -3.85. The molecule has 2 rings (SSSR count). The molecule has 1 aromatic carbocycles. The van der Waals surface area contributed by atoms with Gasteiger partial charge in [0.15, 0.2) is 0 Å². The summed E-state index contributed by atoms with van der Waals surface area (Å²) in [5.74, 6) is 0.322. The molecule has 0 N–H and O–H groups in total. The van der Waals surface area contributed by atoms with Gasteiger partial charge >= 0.3 is 0 Å². The van der Waals surface area contributed by atoms with Crippen molar-refractivity contribution >= 4 is 30.7 Å². The van der Waals surface area contributed by atoms with Crippen molar-refractivity contribution < 1.29 is 12.8 Å². The number of hydrogen-bond acceptors (Lipinski definition) is 3. The molecule has 3 nitrogen and oxygen atoms in total. The van der Waals surface area contributed by atoms with E-state index in [0.717, 1.165) is 10.9 Å². The first-order valence-electron chi connectivity index (χ1n) is 5.76. The Morgan fingerprint density at radius 2 is 2.00 bits per heavy atom. The van der Waals surface area contributed by atoms with E-state index < -0.39 is 9.05 Å². The number of rotatable bonds is 3. The van der Waals surface area contributed by atoms with Crippen molar-refractivity contribution in [3.8, 4) is 0 Å². The highest BCUT2D eigenvalue weighted by molar-refractivity contribution is 8.13. The average molecular weight is 287 g/mol. The molecular formula is C13H15ClO3S. The quantitative estimate of drug-likeness (QED) is 0.805. The van der Waals surface area contributed by atoms with Crippen LogP contribution in [0.2, 0.25) is 0 Å². The molecule has 0 saturated heterocycles. The van der Waals surface area contributed by atoms with E-state index in [0.29, 0.717) is 23.5 Å². The molecule has 0 saturated carbocycles. The van der Waals surface area contributed by atoms with Crippen LogP contribution < -0.4 is 0 Å². The van der Waals surface area contributed by atoms with Gasteiger partial charge in [0.2, 0.25) is 5.09 Å². The minimum absolute atomic E-state index is 0.109. The summed E-state index contributed by atoms with van der Waals surface area (Å²) in [7, 11) is 1.60. The minimum Gasteiger partial charge on any atom is -0.443 e. The van der Waals surface area contributed by atoms with E-state index >= 15 is 0 Å². The maximum atomic E-state index is 11.6. The van der Waals surface area contributed by atoms with E-state index in [9.17, 15) is 8.42 Å². The molecular weight excluding hydrogens is 272 g/mol. The van der Waals surface area contributed by atoms with Gasteiger partial charge in [0.1, 0.15) is 5.58 Å². The second kappa shape index (κ2) is 4.59. The molecule has 0 bridgehead atoms. The highest BCUT2D eigenvalue weighted by Crippen LogP contribution is 2.34. The summed E-state index contributed by atoms with van der Waals surface area (Å²) in [6.45, 7) is 6.00. The number of fused-ring (bicyclic) bond motifs is 1. The molecule has 0 spiro atoms. The Labute approximate surface area is 111 Å². The van der Waals surface area contributed by atoms with Crippen molar-refractivity contribution in [3.05, 3.63) is 29.3 Å². The summed E-state index contributed by atoms with van der Waals surface area (Å²) in [4.78, 5) is 0. The fourth-order valence-corrected chi connectivity index (χ4v) is 3.21. The number of halogens is 1. The van der Waals surface area contributed by atoms with Gasteiger partial charge in [-0.05, 0) is 30.9 Å². The van der Waals surface area contributed by atoms with Crippen LogP contribution in [0.5, 0.6) is 0 Å². The van der Waals surface area contributed by atoms with Crippen LogP contribution in [0.15, 0.2) is 27.7 Å². The SMILES string of the molecule is Cc1cccc2oc(S(=O)(=O)Cl)c(CC(C)C)c12. The smallest absolute Gasteiger partial charge is 0.294 e. The molecule has 1 heterocycles. The number of hydrogen-bond donors (Lipinski definition) is 0. The number of benzene rings is 1. The van der Waals surface area contributed by atoms with Gasteiger partial charge in [-0.25, -0.2) is 8.42 Å². The molecule has 0 aliphatic rings. The third kappa shape index (κ3) is 2.40. The van der Waals surface area contributed by atoms with Crippen molar-refractivity contribution in [2.75, 3.05) is 0 Å². The Balaban J connectivity index is 2.82. The fourth-order valence-electron chi connectivity index (χ4n) is 2.17. The predicted molar refractivity (Wildman–Crippen MR) is 72.5 cm³/mol. The van der Waals surface area contributed by atoms with Crippen LogP contribution >= 0.6 is 10.7 Å². The topological polar surface area (TPSA) is 47.3 Å². The molecule has 2 aromatic rings. The summed E-state index contributed by atoms with van der Waals surface area (Å²) in [5, 5.41) is 0.757. The maximum Gasteiger partial charge on any atom is 0.294 e. The van der Waals surface area contributed by atoms with Crippen LogP contribution in [0.1, 0.15) is 25.0 Å². The fraction of sp³-hybridized carbons (Fsp3) is 0.385. The van der Waals surface area contributed by atoms with Crippen molar-refractivity contribution in [2.24, 2.45) is 5.92 Å². The van der Waals surface area contributed by atoms with Gasteiger partial charge < -0.3 is 4.42 Å². The van der Waals surface area contributed by atoms with E-state index in [-0.39, 0.29) is 5.09 Å². The lowest BCUT2D eigenvalue weighted by Gasteiger charge is -2.05. The zero-order chi connectivity index (χ0) is 13.5. The second-order valence-corrected chi connectivity index (χ2v) is 7.32. The Kier molecular flexibility index (Phi) is 3.43. The molecule has 0 radical (unpaired) electrons. The summed E-state index contributed by atoms with van der Waals surface area (Å²) in [6, 6.07) is 5.54.